The van der Waals surface area contributed by atoms with Crippen LogP contribution in [-0.2, 0) is 6.54 Å². The van der Waals surface area contributed by atoms with Crippen molar-refractivity contribution in [2.75, 3.05) is 19.5 Å². The van der Waals surface area contributed by atoms with Crippen LogP contribution >= 0.6 is 11.6 Å². The topological polar surface area (TPSA) is 98.3 Å². The number of rotatable bonds is 7. The first-order valence-electron chi connectivity index (χ1n) is 8.29. The van der Waals surface area contributed by atoms with E-state index in [1.807, 2.05) is 18.2 Å². The Kier molecular flexibility index (Phi) is 6.23. The number of benzene rings is 1. The molecule has 9 heteroatoms. The molecule has 0 fully saturated rings. The van der Waals surface area contributed by atoms with Gasteiger partial charge in [-0.05, 0) is 12.1 Å². The molecule has 1 amide bonds. The van der Waals surface area contributed by atoms with Crippen molar-refractivity contribution in [1.82, 2.24) is 20.3 Å². The van der Waals surface area contributed by atoms with Gasteiger partial charge in [0.25, 0.3) is 5.91 Å². The van der Waals surface area contributed by atoms with Crippen molar-refractivity contribution in [2.45, 2.75) is 6.54 Å². The van der Waals surface area contributed by atoms with E-state index >= 15 is 0 Å². The minimum absolute atomic E-state index is 0.216. The molecular formula is C19H18ClN5O3. The first-order chi connectivity index (χ1) is 13.6. The fourth-order valence-electron chi connectivity index (χ4n) is 2.41. The Morgan fingerprint density at radius 3 is 2.61 bits per heavy atom. The number of hydrogen-bond donors (Lipinski definition) is 2. The van der Waals surface area contributed by atoms with E-state index in [1.165, 1.54) is 26.6 Å². The summed E-state index contributed by atoms with van der Waals surface area (Å²) in [5, 5.41) is 6.28. The molecule has 0 unspecified atom stereocenters. The molecule has 3 aromatic rings. The van der Waals surface area contributed by atoms with E-state index in [0.29, 0.717) is 34.6 Å². The molecule has 144 valence electrons. The smallest absolute Gasteiger partial charge is 0.270 e. The third-order valence-corrected chi connectivity index (χ3v) is 4.09. The second-order valence-electron chi connectivity index (χ2n) is 5.60. The molecule has 2 aromatic heterocycles. The minimum Gasteiger partial charge on any atom is -0.495 e. The molecule has 0 aliphatic heterocycles. The van der Waals surface area contributed by atoms with Crippen molar-refractivity contribution in [2.24, 2.45) is 0 Å². The molecule has 0 atom stereocenters. The third-order valence-electron chi connectivity index (χ3n) is 3.79. The number of methoxy groups -OCH3 is 2. The van der Waals surface area contributed by atoms with E-state index in [1.54, 1.807) is 18.3 Å². The number of aromatic nitrogens is 3. The van der Waals surface area contributed by atoms with Gasteiger partial charge in [0, 0.05) is 24.4 Å². The lowest BCUT2D eigenvalue weighted by molar-refractivity contribution is 0.0945. The molecule has 0 aliphatic rings. The van der Waals surface area contributed by atoms with Crippen molar-refractivity contribution in [3.63, 3.8) is 0 Å². The van der Waals surface area contributed by atoms with Gasteiger partial charge in [-0.15, -0.1) is 0 Å². The zero-order chi connectivity index (χ0) is 19.9. The highest BCUT2D eigenvalue weighted by Crippen LogP contribution is 2.37. The summed E-state index contributed by atoms with van der Waals surface area (Å²) in [5.74, 6) is 1.07. The lowest BCUT2D eigenvalue weighted by Gasteiger charge is -2.13. The van der Waals surface area contributed by atoms with E-state index < -0.39 is 0 Å². The molecular weight excluding hydrogens is 382 g/mol. The summed E-state index contributed by atoms with van der Waals surface area (Å²) in [6, 6.07) is 10.3. The van der Waals surface area contributed by atoms with Crippen molar-refractivity contribution >= 4 is 29.0 Å². The molecule has 3 rings (SSSR count). The molecule has 1 aromatic carbocycles. The maximum atomic E-state index is 12.4. The van der Waals surface area contributed by atoms with Crippen molar-refractivity contribution in [3.05, 3.63) is 65.3 Å². The van der Waals surface area contributed by atoms with E-state index in [0.717, 1.165) is 5.69 Å². The van der Waals surface area contributed by atoms with Crippen LogP contribution in [0.15, 0.2) is 48.9 Å². The van der Waals surface area contributed by atoms with Crippen molar-refractivity contribution in [3.8, 4) is 11.5 Å². The Morgan fingerprint density at radius 2 is 1.89 bits per heavy atom. The van der Waals surface area contributed by atoms with Crippen LogP contribution in [0.1, 0.15) is 16.2 Å². The molecule has 0 bridgehead atoms. The first kappa shape index (κ1) is 19.4. The van der Waals surface area contributed by atoms with Crippen LogP contribution in [-0.4, -0.2) is 35.1 Å². The Morgan fingerprint density at radius 1 is 1.07 bits per heavy atom. The predicted octanol–water partition coefficient (Wildman–Crippen LogP) is 3.22. The lowest BCUT2D eigenvalue weighted by atomic mass is 10.2. The van der Waals surface area contributed by atoms with Crippen molar-refractivity contribution < 1.29 is 14.3 Å². The Balaban J connectivity index is 1.75. The molecule has 8 nitrogen and oxygen atoms in total. The highest BCUT2D eigenvalue weighted by molar-refractivity contribution is 6.32. The standard InChI is InChI=1S/C19H18ClN5O3/c1-27-16-8-14(17(28-2)7-13(16)20)25-18-9-15(23-11-24-18)19(26)22-10-12-5-3-4-6-21-12/h3-9,11H,10H2,1-2H3,(H,22,26)(H,23,24,25). The Bertz CT molecular complexity index is 969. The van der Waals surface area contributed by atoms with E-state index in [-0.39, 0.29) is 11.6 Å². The summed E-state index contributed by atoms with van der Waals surface area (Å²) in [6.07, 6.45) is 2.97. The molecule has 0 saturated heterocycles. The molecule has 2 N–H and O–H groups in total. The number of amides is 1. The van der Waals surface area contributed by atoms with Gasteiger partial charge >= 0.3 is 0 Å². The zero-order valence-electron chi connectivity index (χ0n) is 15.3. The van der Waals surface area contributed by atoms with Gasteiger partial charge in [0.1, 0.15) is 29.3 Å². The normalized spacial score (nSPS) is 10.2. The van der Waals surface area contributed by atoms with Crippen LogP contribution in [0, 0.1) is 0 Å². The summed E-state index contributed by atoms with van der Waals surface area (Å²) in [5.41, 5.74) is 1.55. The van der Waals surface area contributed by atoms with Crippen LogP contribution in [0.3, 0.4) is 0 Å². The minimum atomic E-state index is -0.336. The van der Waals surface area contributed by atoms with Crippen LogP contribution in [0.25, 0.3) is 0 Å². The number of pyridine rings is 1. The maximum absolute atomic E-state index is 12.4. The number of halogens is 1. The van der Waals surface area contributed by atoms with E-state index in [4.69, 9.17) is 21.1 Å². The largest absolute Gasteiger partial charge is 0.495 e. The Hall–Kier alpha value is -3.39. The summed E-state index contributed by atoms with van der Waals surface area (Å²) in [6.45, 7) is 0.300. The summed E-state index contributed by atoms with van der Waals surface area (Å²) in [4.78, 5) is 24.7. The number of nitrogens with one attached hydrogen (secondary N) is 2. The van der Waals surface area contributed by atoms with Gasteiger partial charge in [0.2, 0.25) is 0 Å². The average Bonchev–Trinajstić information content (AvgIpc) is 2.73. The van der Waals surface area contributed by atoms with Crippen LogP contribution in [0.5, 0.6) is 11.5 Å². The summed E-state index contributed by atoms with van der Waals surface area (Å²) < 4.78 is 10.6. The third kappa shape index (κ3) is 4.66. The summed E-state index contributed by atoms with van der Waals surface area (Å²) in [7, 11) is 3.05. The number of ether oxygens (including phenoxy) is 2. The SMILES string of the molecule is COc1cc(Nc2cc(C(=O)NCc3ccccn3)ncn2)c(OC)cc1Cl. The second-order valence-corrected chi connectivity index (χ2v) is 6.01. The van der Waals surface area contributed by atoms with Gasteiger partial charge in [-0.2, -0.15) is 0 Å². The molecule has 0 saturated carbocycles. The van der Waals surface area contributed by atoms with E-state index in [2.05, 4.69) is 25.6 Å². The molecule has 0 spiro atoms. The number of hydrogen-bond acceptors (Lipinski definition) is 7. The second kappa shape index (κ2) is 9.01. The predicted molar refractivity (Wildman–Crippen MR) is 105 cm³/mol. The van der Waals surface area contributed by atoms with Gasteiger partial charge in [-0.25, -0.2) is 9.97 Å². The van der Waals surface area contributed by atoms with Crippen molar-refractivity contribution in [1.29, 1.82) is 0 Å². The monoisotopic (exact) mass is 399 g/mol. The number of carbonyl (C=O) groups excluding carboxylic acids is 1. The molecule has 0 aliphatic carbocycles. The number of anilines is 2. The highest BCUT2D eigenvalue weighted by atomic mass is 35.5. The van der Waals surface area contributed by atoms with E-state index in [9.17, 15) is 4.79 Å². The number of nitrogens with zero attached hydrogens (tertiary/aromatic N) is 3. The lowest BCUT2D eigenvalue weighted by Crippen LogP contribution is -2.24. The summed E-state index contributed by atoms with van der Waals surface area (Å²) >= 11 is 6.12. The first-order valence-corrected chi connectivity index (χ1v) is 8.67. The van der Waals surface area contributed by atoms with Crippen LogP contribution < -0.4 is 20.1 Å². The van der Waals surface area contributed by atoms with Gasteiger partial charge in [-0.1, -0.05) is 17.7 Å². The maximum Gasteiger partial charge on any atom is 0.270 e. The fourth-order valence-corrected chi connectivity index (χ4v) is 2.64. The van der Waals surface area contributed by atoms with Crippen LogP contribution in [0.2, 0.25) is 5.02 Å². The van der Waals surface area contributed by atoms with Gasteiger partial charge in [0.05, 0.1) is 37.2 Å². The van der Waals surface area contributed by atoms with Gasteiger partial charge in [0.15, 0.2) is 0 Å². The quantitative estimate of drug-likeness (QED) is 0.629. The highest BCUT2D eigenvalue weighted by Gasteiger charge is 2.13. The van der Waals surface area contributed by atoms with Crippen LogP contribution in [0.4, 0.5) is 11.5 Å². The van der Waals surface area contributed by atoms with Gasteiger partial charge < -0.3 is 20.1 Å². The molecule has 0 radical (unpaired) electrons. The average molecular weight is 400 g/mol. The number of carbonyl (C=O) groups is 1. The Labute approximate surface area is 166 Å². The fraction of sp³-hybridized carbons (Fsp3) is 0.158. The molecule has 28 heavy (non-hydrogen) atoms. The molecule has 2 heterocycles. The zero-order valence-corrected chi connectivity index (χ0v) is 16.0. The van der Waals surface area contributed by atoms with Gasteiger partial charge in [-0.3, -0.25) is 9.78 Å².